The van der Waals surface area contributed by atoms with Crippen molar-refractivity contribution in [2.45, 2.75) is 25.5 Å². The van der Waals surface area contributed by atoms with Crippen LogP contribution in [0.3, 0.4) is 0 Å². The van der Waals surface area contributed by atoms with Gasteiger partial charge >= 0.3 is 0 Å². The Bertz CT molecular complexity index is 813. The number of hydrogen-bond acceptors (Lipinski definition) is 5. The van der Waals surface area contributed by atoms with Crippen molar-refractivity contribution in [3.8, 4) is 11.9 Å². The van der Waals surface area contributed by atoms with Crippen LogP contribution in [0.4, 0.5) is 10.2 Å². The van der Waals surface area contributed by atoms with Crippen LogP contribution in [-0.2, 0) is 11.4 Å². The number of carbonyl (C=O) groups excluding carboxylic acids is 1. The van der Waals surface area contributed by atoms with E-state index in [2.05, 4.69) is 15.6 Å². The van der Waals surface area contributed by atoms with Crippen molar-refractivity contribution >= 4 is 11.7 Å². The molecule has 1 amide bonds. The van der Waals surface area contributed by atoms with Crippen molar-refractivity contribution in [1.82, 2.24) is 10.3 Å². The number of ether oxygens (including phenoxy) is 1. The maximum absolute atomic E-state index is 13.8. The van der Waals surface area contributed by atoms with Crippen LogP contribution < -0.4 is 15.4 Å². The number of nitrogens with one attached hydrogen (secondary N) is 2. The lowest BCUT2D eigenvalue weighted by Gasteiger charge is -2.12. The number of rotatable bonds is 5. The molecule has 6 nitrogen and oxygen atoms in total. The van der Waals surface area contributed by atoms with E-state index in [1.807, 2.05) is 6.07 Å². The average Bonchev–Trinajstić information content (AvgIpc) is 3.16. The van der Waals surface area contributed by atoms with Gasteiger partial charge in [-0.25, -0.2) is 4.39 Å². The first-order valence-corrected chi connectivity index (χ1v) is 7.98. The second-order valence-electron chi connectivity index (χ2n) is 5.71. The van der Waals surface area contributed by atoms with Crippen molar-refractivity contribution in [3.63, 3.8) is 0 Å². The van der Waals surface area contributed by atoms with Crippen LogP contribution >= 0.6 is 0 Å². The van der Waals surface area contributed by atoms with Gasteiger partial charge in [-0.2, -0.15) is 10.2 Å². The molecule has 0 saturated carbocycles. The van der Waals surface area contributed by atoms with Gasteiger partial charge in [0.25, 0.3) is 0 Å². The number of nitrogens with zero attached hydrogens (tertiary/aromatic N) is 2. The Morgan fingerprint density at radius 2 is 2.32 bits per heavy atom. The molecule has 7 heteroatoms. The summed E-state index contributed by atoms with van der Waals surface area (Å²) < 4.78 is 19.3. The van der Waals surface area contributed by atoms with E-state index in [0.717, 1.165) is 25.5 Å². The number of aromatic nitrogens is 1. The Morgan fingerprint density at radius 1 is 1.44 bits per heavy atom. The van der Waals surface area contributed by atoms with Gasteiger partial charge in [0.05, 0.1) is 17.7 Å². The highest BCUT2D eigenvalue weighted by atomic mass is 19.1. The molecule has 1 saturated heterocycles. The Kier molecular flexibility index (Phi) is 5.21. The van der Waals surface area contributed by atoms with Gasteiger partial charge in [-0.1, -0.05) is 12.1 Å². The Hall–Kier alpha value is -2.98. The fourth-order valence-corrected chi connectivity index (χ4v) is 2.57. The molecule has 2 N–H and O–H groups in total. The third-order valence-electron chi connectivity index (χ3n) is 3.91. The van der Waals surface area contributed by atoms with Crippen LogP contribution in [0.15, 0.2) is 36.4 Å². The summed E-state index contributed by atoms with van der Waals surface area (Å²) in [7, 11) is 0. The zero-order valence-electron chi connectivity index (χ0n) is 13.5. The molecule has 0 unspecified atom stereocenters. The SMILES string of the molecule is N#Cc1ccc(COc2cccc(NC(=O)[C@@H]3CCCN3)n2)c(F)c1. The Morgan fingerprint density at radius 3 is 3.04 bits per heavy atom. The minimum Gasteiger partial charge on any atom is -0.473 e. The van der Waals surface area contributed by atoms with Crippen molar-refractivity contribution < 1.29 is 13.9 Å². The molecular weight excluding hydrogens is 323 g/mol. The summed E-state index contributed by atoms with van der Waals surface area (Å²) in [6.45, 7) is 0.816. The topological polar surface area (TPSA) is 87.0 Å². The fraction of sp³-hybridized carbons (Fsp3) is 0.278. The summed E-state index contributed by atoms with van der Waals surface area (Å²) in [4.78, 5) is 16.3. The molecule has 0 bridgehead atoms. The van der Waals surface area contributed by atoms with Crippen LogP contribution in [-0.4, -0.2) is 23.5 Å². The lowest BCUT2D eigenvalue weighted by Crippen LogP contribution is -2.35. The predicted molar refractivity (Wildman–Crippen MR) is 89.3 cm³/mol. The molecule has 0 aliphatic carbocycles. The number of benzene rings is 1. The molecule has 1 fully saturated rings. The smallest absolute Gasteiger partial charge is 0.242 e. The lowest BCUT2D eigenvalue weighted by molar-refractivity contribution is -0.117. The Labute approximate surface area is 144 Å². The molecule has 1 aliphatic rings. The van der Waals surface area contributed by atoms with E-state index in [1.54, 1.807) is 18.2 Å². The second-order valence-corrected chi connectivity index (χ2v) is 5.71. The number of nitriles is 1. The van der Waals surface area contributed by atoms with Crippen molar-refractivity contribution in [2.24, 2.45) is 0 Å². The minimum atomic E-state index is -0.504. The number of anilines is 1. The molecule has 1 aromatic heterocycles. The number of amides is 1. The molecule has 0 spiro atoms. The van der Waals surface area contributed by atoms with Crippen LogP contribution in [0.1, 0.15) is 24.0 Å². The van der Waals surface area contributed by atoms with Gasteiger partial charge in [0.1, 0.15) is 18.2 Å². The van der Waals surface area contributed by atoms with Gasteiger partial charge in [0.2, 0.25) is 11.8 Å². The van der Waals surface area contributed by atoms with Crippen LogP contribution in [0.5, 0.6) is 5.88 Å². The van der Waals surface area contributed by atoms with Gasteiger partial charge in [-0.15, -0.1) is 0 Å². The lowest BCUT2D eigenvalue weighted by atomic mass is 10.1. The van der Waals surface area contributed by atoms with E-state index < -0.39 is 5.82 Å². The van der Waals surface area contributed by atoms with E-state index >= 15 is 0 Å². The van der Waals surface area contributed by atoms with Crippen LogP contribution in [0.2, 0.25) is 0 Å². The van der Waals surface area contributed by atoms with Gasteiger partial charge in [-0.05, 0) is 37.6 Å². The standard InChI is InChI=1S/C18H17FN4O2/c19-14-9-12(10-20)6-7-13(14)11-25-17-5-1-4-16(22-17)23-18(24)15-3-2-8-21-15/h1,4-7,9,15,21H,2-3,8,11H2,(H,22,23,24)/t15-/m0/s1. The van der Waals surface area contributed by atoms with Gasteiger partial charge < -0.3 is 15.4 Å². The van der Waals surface area contributed by atoms with E-state index in [9.17, 15) is 9.18 Å². The monoisotopic (exact) mass is 340 g/mol. The highest BCUT2D eigenvalue weighted by Gasteiger charge is 2.22. The van der Waals surface area contributed by atoms with Gasteiger partial charge in [0.15, 0.2) is 0 Å². The summed E-state index contributed by atoms with van der Waals surface area (Å²) in [6, 6.07) is 10.9. The highest BCUT2D eigenvalue weighted by Crippen LogP contribution is 2.16. The first-order valence-electron chi connectivity index (χ1n) is 7.98. The normalized spacial score (nSPS) is 16.2. The third-order valence-corrected chi connectivity index (χ3v) is 3.91. The van der Waals surface area contributed by atoms with E-state index in [4.69, 9.17) is 10.00 Å². The largest absolute Gasteiger partial charge is 0.473 e. The number of hydrogen-bond donors (Lipinski definition) is 2. The van der Waals surface area contributed by atoms with E-state index in [-0.39, 0.29) is 30.0 Å². The van der Waals surface area contributed by atoms with Gasteiger partial charge in [0, 0.05) is 11.6 Å². The summed E-state index contributed by atoms with van der Waals surface area (Å²) in [5, 5.41) is 14.6. The van der Waals surface area contributed by atoms with Crippen LogP contribution in [0.25, 0.3) is 0 Å². The minimum absolute atomic E-state index is 0.0217. The summed E-state index contributed by atoms with van der Waals surface area (Å²) in [5.74, 6) is 0.0357. The molecule has 128 valence electrons. The first-order chi connectivity index (χ1) is 12.2. The average molecular weight is 340 g/mol. The van der Waals surface area contributed by atoms with Crippen molar-refractivity contribution in [1.29, 1.82) is 5.26 Å². The first kappa shape index (κ1) is 16.9. The number of pyridine rings is 1. The summed E-state index contributed by atoms with van der Waals surface area (Å²) in [6.07, 6.45) is 1.78. The zero-order chi connectivity index (χ0) is 17.6. The van der Waals surface area contributed by atoms with Crippen molar-refractivity contribution in [2.75, 3.05) is 11.9 Å². The van der Waals surface area contributed by atoms with Gasteiger partial charge in [-0.3, -0.25) is 4.79 Å². The quantitative estimate of drug-likeness (QED) is 0.872. The third kappa shape index (κ3) is 4.31. The Balaban J connectivity index is 1.62. The summed E-state index contributed by atoms with van der Waals surface area (Å²) >= 11 is 0. The molecule has 1 aliphatic heterocycles. The molecule has 1 aromatic carbocycles. The number of halogens is 1. The highest BCUT2D eigenvalue weighted by molar-refractivity contribution is 5.94. The second kappa shape index (κ2) is 7.73. The molecule has 1 atom stereocenters. The maximum Gasteiger partial charge on any atom is 0.242 e. The van der Waals surface area contributed by atoms with E-state index in [0.29, 0.717) is 11.4 Å². The zero-order valence-corrected chi connectivity index (χ0v) is 13.5. The predicted octanol–water partition coefficient (Wildman–Crippen LogP) is 2.36. The molecule has 2 heterocycles. The van der Waals surface area contributed by atoms with Crippen molar-refractivity contribution in [3.05, 3.63) is 53.3 Å². The summed E-state index contributed by atoms with van der Waals surface area (Å²) in [5.41, 5.74) is 0.579. The van der Waals surface area contributed by atoms with Crippen LogP contribution in [0, 0.1) is 17.1 Å². The molecule has 3 rings (SSSR count). The number of carbonyl (C=O) groups is 1. The molecule has 25 heavy (non-hydrogen) atoms. The van der Waals surface area contributed by atoms with E-state index in [1.165, 1.54) is 12.1 Å². The molecule has 0 radical (unpaired) electrons. The maximum atomic E-state index is 13.8. The fourth-order valence-electron chi connectivity index (χ4n) is 2.57. The molecule has 2 aromatic rings. The molecular formula is C18H17FN4O2.